The van der Waals surface area contributed by atoms with E-state index in [1.807, 2.05) is 6.07 Å². The summed E-state index contributed by atoms with van der Waals surface area (Å²) in [5.41, 5.74) is -0.395. The Morgan fingerprint density at radius 2 is 1.82 bits per heavy atom. The monoisotopic (exact) mass is 608 g/mol. The number of hydrogen-bond acceptors (Lipinski definition) is 8. The van der Waals surface area contributed by atoms with Crippen LogP contribution >= 0.6 is 11.6 Å². The average molecular weight is 609 g/mol. The molecule has 2 unspecified atom stereocenters. The maximum atomic E-state index is 13.4. The Bertz CT molecular complexity index is 1590. The molecule has 12 heteroatoms. The molecule has 5 rings (SSSR count). The topological polar surface area (TPSA) is 122 Å². The van der Waals surface area contributed by atoms with Gasteiger partial charge in [0.05, 0.1) is 22.0 Å². The number of sulfone groups is 1. The van der Waals surface area contributed by atoms with Crippen LogP contribution in [0, 0.1) is 0 Å². The quantitative estimate of drug-likeness (QED) is 0.380. The lowest BCUT2D eigenvalue weighted by molar-refractivity contribution is -0.0312. The van der Waals surface area contributed by atoms with Gasteiger partial charge >= 0.3 is 0 Å². The molecular weight excluding hydrogens is 576 g/mol. The number of sulfonamides is 1. The highest BCUT2D eigenvalue weighted by Crippen LogP contribution is 2.38. The molecule has 216 valence electrons. The maximum Gasteiger partial charge on any atom is 0.243 e. The molecule has 2 aliphatic rings. The van der Waals surface area contributed by atoms with E-state index >= 15 is 0 Å². The first kappa shape index (κ1) is 29.2. The van der Waals surface area contributed by atoms with Gasteiger partial charge in [-0.15, -0.1) is 0 Å². The molecule has 2 heterocycles. The number of nitrogens with zero attached hydrogens (tertiary/aromatic N) is 1. The second kappa shape index (κ2) is 11.6. The van der Waals surface area contributed by atoms with E-state index in [0.29, 0.717) is 43.3 Å². The summed E-state index contributed by atoms with van der Waals surface area (Å²) in [5, 5.41) is 15.9. The predicted molar refractivity (Wildman–Crippen MR) is 153 cm³/mol. The van der Waals surface area contributed by atoms with Gasteiger partial charge in [-0.2, -0.15) is 4.31 Å². The second-order valence-electron chi connectivity index (χ2n) is 10.5. The number of ether oxygens (including phenoxy) is 2. The van der Waals surface area contributed by atoms with Crippen molar-refractivity contribution in [3.63, 3.8) is 0 Å². The van der Waals surface area contributed by atoms with Crippen molar-refractivity contribution in [2.24, 2.45) is 0 Å². The summed E-state index contributed by atoms with van der Waals surface area (Å²) in [6.07, 6.45) is 2.23. The van der Waals surface area contributed by atoms with Crippen LogP contribution in [0.1, 0.15) is 19.3 Å². The molecule has 2 fully saturated rings. The van der Waals surface area contributed by atoms with Crippen LogP contribution in [0.2, 0.25) is 5.02 Å². The van der Waals surface area contributed by atoms with Crippen molar-refractivity contribution in [1.29, 1.82) is 0 Å². The number of halogens is 1. The summed E-state index contributed by atoms with van der Waals surface area (Å²) < 4.78 is 63.4. The lowest BCUT2D eigenvalue weighted by Crippen LogP contribution is -2.47. The summed E-state index contributed by atoms with van der Waals surface area (Å²) in [6.45, 7) is 1.49. The molecule has 3 aromatic carbocycles. The molecule has 2 atom stereocenters. The number of aliphatic hydroxyl groups is 1. The average Bonchev–Trinajstić information content (AvgIpc) is 3.32. The zero-order valence-electron chi connectivity index (χ0n) is 22.1. The summed E-state index contributed by atoms with van der Waals surface area (Å²) >= 11 is 6.24. The van der Waals surface area contributed by atoms with E-state index in [0.717, 1.165) is 23.4 Å². The van der Waals surface area contributed by atoms with Crippen molar-refractivity contribution in [2.45, 2.75) is 46.8 Å². The van der Waals surface area contributed by atoms with Gasteiger partial charge < -0.3 is 19.9 Å². The fraction of sp³-hybridized carbons (Fsp3) is 0.429. The van der Waals surface area contributed by atoms with Crippen molar-refractivity contribution in [1.82, 2.24) is 9.62 Å². The molecule has 2 N–H and O–H groups in total. The van der Waals surface area contributed by atoms with Crippen LogP contribution in [0.15, 0.2) is 70.5 Å². The van der Waals surface area contributed by atoms with Gasteiger partial charge in [-0.05, 0) is 61.0 Å². The van der Waals surface area contributed by atoms with Crippen LogP contribution in [0.5, 0.6) is 5.75 Å². The van der Waals surface area contributed by atoms with Gasteiger partial charge in [-0.25, -0.2) is 16.8 Å². The van der Waals surface area contributed by atoms with Crippen LogP contribution in [0.3, 0.4) is 0 Å². The largest absolute Gasteiger partial charge is 0.491 e. The van der Waals surface area contributed by atoms with E-state index in [-0.39, 0.29) is 29.0 Å². The summed E-state index contributed by atoms with van der Waals surface area (Å²) in [7, 11) is -6.99. The third-order valence-corrected chi connectivity index (χ3v) is 10.9. The minimum Gasteiger partial charge on any atom is -0.491 e. The number of benzene rings is 3. The molecule has 2 aliphatic heterocycles. The molecule has 0 aromatic heterocycles. The van der Waals surface area contributed by atoms with Crippen molar-refractivity contribution < 1.29 is 31.4 Å². The Kier molecular flexibility index (Phi) is 8.45. The molecule has 0 radical (unpaired) electrons. The van der Waals surface area contributed by atoms with E-state index in [2.05, 4.69) is 5.32 Å². The van der Waals surface area contributed by atoms with Gasteiger partial charge in [-0.1, -0.05) is 35.9 Å². The highest BCUT2D eigenvalue weighted by molar-refractivity contribution is 7.90. The van der Waals surface area contributed by atoms with Crippen molar-refractivity contribution in [2.75, 3.05) is 39.1 Å². The normalized spacial score (nSPS) is 20.6. The standard InChI is InChI=1S/C28H33ClN2O7S2/c1-39(33,34)24-6-3-5-23(15-24)37-19-22(32)17-30-21-16-28(38-18-21)10-12-31(13-11-28)40(35,36)25-8-9-26-20(14-25)4-2-7-27(26)29/h2-9,14-15,21-22,30,32H,10-13,16-19H2,1H3. The van der Waals surface area contributed by atoms with Crippen LogP contribution in [0.4, 0.5) is 0 Å². The molecule has 2 saturated heterocycles. The Labute approximate surface area is 240 Å². The van der Waals surface area contributed by atoms with E-state index in [4.69, 9.17) is 21.1 Å². The molecule has 0 saturated carbocycles. The zero-order chi connectivity index (χ0) is 28.5. The highest BCUT2D eigenvalue weighted by atomic mass is 35.5. The fourth-order valence-electron chi connectivity index (χ4n) is 5.34. The lowest BCUT2D eigenvalue weighted by Gasteiger charge is -2.38. The lowest BCUT2D eigenvalue weighted by atomic mass is 9.88. The third kappa shape index (κ3) is 6.46. The van der Waals surface area contributed by atoms with Gasteiger partial charge in [0.2, 0.25) is 10.0 Å². The van der Waals surface area contributed by atoms with Gasteiger partial charge in [0.25, 0.3) is 0 Å². The smallest absolute Gasteiger partial charge is 0.243 e. The number of rotatable bonds is 9. The minimum absolute atomic E-state index is 0.00668. The van der Waals surface area contributed by atoms with Crippen LogP contribution in [-0.2, 0) is 24.6 Å². The first-order valence-electron chi connectivity index (χ1n) is 13.1. The van der Waals surface area contributed by atoms with E-state index in [1.54, 1.807) is 42.5 Å². The van der Waals surface area contributed by atoms with Gasteiger partial charge in [0.1, 0.15) is 18.5 Å². The van der Waals surface area contributed by atoms with E-state index < -0.39 is 31.6 Å². The predicted octanol–water partition coefficient (Wildman–Crippen LogP) is 3.24. The number of hydrogen-bond donors (Lipinski definition) is 2. The first-order valence-corrected chi connectivity index (χ1v) is 16.8. The number of piperidine rings is 1. The fourth-order valence-corrected chi connectivity index (χ4v) is 7.72. The Hall–Kier alpha value is -2.25. The summed E-state index contributed by atoms with van der Waals surface area (Å²) in [4.78, 5) is 0.413. The molecule has 3 aromatic rings. The Morgan fingerprint density at radius 3 is 2.58 bits per heavy atom. The molecule has 9 nitrogen and oxygen atoms in total. The van der Waals surface area contributed by atoms with Crippen LogP contribution in [-0.4, -0.2) is 83.1 Å². The van der Waals surface area contributed by atoms with Crippen LogP contribution < -0.4 is 10.1 Å². The minimum atomic E-state index is -3.65. The van der Waals surface area contributed by atoms with Gasteiger partial charge in [0.15, 0.2) is 9.84 Å². The van der Waals surface area contributed by atoms with Crippen molar-refractivity contribution in [3.8, 4) is 5.75 Å². The molecular formula is C28H33ClN2O7S2. The van der Waals surface area contributed by atoms with Gasteiger partial charge in [-0.3, -0.25) is 0 Å². The molecule has 0 amide bonds. The first-order chi connectivity index (χ1) is 19.0. The van der Waals surface area contributed by atoms with Crippen LogP contribution in [0.25, 0.3) is 10.8 Å². The summed E-state index contributed by atoms with van der Waals surface area (Å²) in [5.74, 6) is 0.374. The van der Waals surface area contributed by atoms with E-state index in [9.17, 15) is 21.9 Å². The number of aliphatic hydroxyl groups excluding tert-OH is 1. The maximum absolute atomic E-state index is 13.4. The van der Waals surface area contributed by atoms with E-state index in [1.165, 1.54) is 16.4 Å². The Balaban J connectivity index is 1.10. The highest BCUT2D eigenvalue weighted by Gasteiger charge is 2.44. The molecule has 1 spiro atoms. The number of nitrogens with one attached hydrogen (secondary N) is 1. The second-order valence-corrected chi connectivity index (χ2v) is 14.9. The number of fused-ring (bicyclic) bond motifs is 1. The third-order valence-electron chi connectivity index (χ3n) is 7.60. The Morgan fingerprint density at radius 1 is 1.07 bits per heavy atom. The summed E-state index contributed by atoms with van der Waals surface area (Å²) in [6, 6.07) is 16.7. The van der Waals surface area contributed by atoms with Crippen molar-refractivity contribution in [3.05, 3.63) is 65.7 Å². The molecule has 0 aliphatic carbocycles. The zero-order valence-corrected chi connectivity index (χ0v) is 24.5. The molecule has 0 bridgehead atoms. The SMILES string of the molecule is CS(=O)(=O)c1cccc(OCC(O)CNC2COC3(CCN(S(=O)(=O)c4ccc5c(Cl)cccc5c4)CC3)C2)c1. The van der Waals surface area contributed by atoms with Crippen molar-refractivity contribution >= 4 is 42.2 Å². The van der Waals surface area contributed by atoms with Gasteiger partial charge in [0, 0.05) is 42.3 Å². The molecule has 40 heavy (non-hydrogen) atoms.